The van der Waals surface area contributed by atoms with Crippen LogP contribution in [0, 0.1) is 6.92 Å². The zero-order valence-corrected chi connectivity index (χ0v) is 14.2. The van der Waals surface area contributed by atoms with E-state index in [1.807, 2.05) is 30.3 Å². The van der Waals surface area contributed by atoms with Crippen LogP contribution in [0.1, 0.15) is 16.7 Å². The molecule has 2 N–H and O–H groups in total. The molecule has 0 atom stereocenters. The van der Waals surface area contributed by atoms with Crippen molar-refractivity contribution < 1.29 is 0 Å². The number of aryl methyl sites for hydroxylation is 1. The van der Waals surface area contributed by atoms with Gasteiger partial charge in [0.15, 0.2) is 0 Å². The number of rotatable bonds is 6. The second-order valence-electron chi connectivity index (χ2n) is 5.55. The summed E-state index contributed by atoms with van der Waals surface area (Å²) in [6, 6.07) is 18.0. The van der Waals surface area contributed by atoms with Gasteiger partial charge in [-0.1, -0.05) is 59.6 Å². The average molecular weight is 339 g/mol. The lowest BCUT2D eigenvalue weighted by molar-refractivity contribution is 1.03. The molecule has 0 fully saturated rings. The van der Waals surface area contributed by atoms with Crippen LogP contribution in [0.2, 0.25) is 5.02 Å². The first-order valence-electron chi connectivity index (χ1n) is 7.80. The van der Waals surface area contributed by atoms with Crippen molar-refractivity contribution in [2.24, 2.45) is 0 Å². The molecule has 0 bridgehead atoms. The Bertz CT molecular complexity index is 820. The van der Waals surface area contributed by atoms with Crippen LogP contribution in [0.3, 0.4) is 0 Å². The van der Waals surface area contributed by atoms with Crippen LogP contribution < -0.4 is 10.6 Å². The first kappa shape index (κ1) is 16.3. The fourth-order valence-electron chi connectivity index (χ4n) is 2.37. The van der Waals surface area contributed by atoms with Crippen LogP contribution in [-0.4, -0.2) is 9.97 Å². The first-order valence-corrected chi connectivity index (χ1v) is 8.18. The van der Waals surface area contributed by atoms with Gasteiger partial charge in [0.2, 0.25) is 5.95 Å². The highest BCUT2D eigenvalue weighted by atomic mass is 35.5. The van der Waals surface area contributed by atoms with Crippen molar-refractivity contribution in [3.8, 4) is 0 Å². The van der Waals surface area contributed by atoms with Crippen molar-refractivity contribution >= 4 is 23.4 Å². The van der Waals surface area contributed by atoms with Crippen LogP contribution in [0.25, 0.3) is 0 Å². The van der Waals surface area contributed by atoms with Gasteiger partial charge in [0.25, 0.3) is 0 Å². The van der Waals surface area contributed by atoms with E-state index in [-0.39, 0.29) is 0 Å². The molecular formula is C19H19ClN4. The fourth-order valence-corrected chi connectivity index (χ4v) is 2.58. The monoisotopic (exact) mass is 338 g/mol. The minimum absolute atomic E-state index is 0.573. The van der Waals surface area contributed by atoms with Crippen molar-refractivity contribution in [2.45, 2.75) is 20.0 Å². The summed E-state index contributed by atoms with van der Waals surface area (Å²) < 4.78 is 0. The number of hydrogen-bond acceptors (Lipinski definition) is 4. The molecule has 4 nitrogen and oxygen atoms in total. The molecule has 0 amide bonds. The van der Waals surface area contributed by atoms with E-state index < -0.39 is 0 Å². The van der Waals surface area contributed by atoms with Gasteiger partial charge >= 0.3 is 0 Å². The maximum atomic E-state index is 6.16. The van der Waals surface area contributed by atoms with Crippen molar-refractivity contribution in [1.29, 1.82) is 0 Å². The highest BCUT2D eigenvalue weighted by Crippen LogP contribution is 2.16. The number of aromatic nitrogens is 2. The van der Waals surface area contributed by atoms with E-state index in [1.165, 1.54) is 11.1 Å². The second-order valence-corrected chi connectivity index (χ2v) is 5.96. The summed E-state index contributed by atoms with van der Waals surface area (Å²) in [5.41, 5.74) is 3.49. The summed E-state index contributed by atoms with van der Waals surface area (Å²) in [4.78, 5) is 8.73. The van der Waals surface area contributed by atoms with E-state index in [1.54, 1.807) is 6.20 Å². The molecular weight excluding hydrogens is 320 g/mol. The van der Waals surface area contributed by atoms with Gasteiger partial charge in [-0.3, -0.25) is 0 Å². The van der Waals surface area contributed by atoms with Crippen LogP contribution in [0.4, 0.5) is 11.8 Å². The van der Waals surface area contributed by atoms with E-state index in [0.29, 0.717) is 12.5 Å². The smallest absolute Gasteiger partial charge is 0.224 e. The number of halogens is 1. The first-order chi connectivity index (χ1) is 11.7. The maximum Gasteiger partial charge on any atom is 0.224 e. The average Bonchev–Trinajstić information content (AvgIpc) is 2.60. The van der Waals surface area contributed by atoms with E-state index in [0.717, 1.165) is 22.9 Å². The summed E-state index contributed by atoms with van der Waals surface area (Å²) in [6.45, 7) is 3.40. The molecule has 0 saturated heterocycles. The molecule has 0 spiro atoms. The largest absolute Gasteiger partial charge is 0.366 e. The van der Waals surface area contributed by atoms with Gasteiger partial charge in [-0.25, -0.2) is 4.98 Å². The molecule has 0 aliphatic carbocycles. The zero-order chi connectivity index (χ0) is 16.8. The van der Waals surface area contributed by atoms with Gasteiger partial charge in [-0.05, 0) is 30.2 Å². The van der Waals surface area contributed by atoms with Crippen LogP contribution >= 0.6 is 11.6 Å². The Hall–Kier alpha value is -2.59. The highest BCUT2D eigenvalue weighted by Gasteiger charge is 2.02. The summed E-state index contributed by atoms with van der Waals surface area (Å²) in [6.07, 6.45) is 1.74. The number of nitrogens with one attached hydrogen (secondary N) is 2. The molecule has 0 aliphatic rings. The fraction of sp³-hybridized carbons (Fsp3) is 0.158. The molecule has 0 radical (unpaired) electrons. The standard InChI is InChI=1S/C19H19ClN4/c1-14-5-4-6-15(11-14)12-22-18-9-10-21-19(24-18)23-13-16-7-2-3-8-17(16)20/h2-11H,12-13H2,1H3,(H2,21,22,23,24). The lowest BCUT2D eigenvalue weighted by Gasteiger charge is -2.09. The molecule has 2 aromatic carbocycles. The van der Waals surface area contributed by atoms with E-state index >= 15 is 0 Å². The van der Waals surface area contributed by atoms with Gasteiger partial charge in [0, 0.05) is 24.3 Å². The Labute approximate surface area is 146 Å². The van der Waals surface area contributed by atoms with E-state index in [4.69, 9.17) is 11.6 Å². The lowest BCUT2D eigenvalue weighted by Crippen LogP contribution is -2.07. The number of benzene rings is 2. The van der Waals surface area contributed by atoms with Gasteiger partial charge < -0.3 is 10.6 Å². The third-order valence-corrected chi connectivity index (χ3v) is 3.98. The Kier molecular flexibility index (Phi) is 5.29. The SMILES string of the molecule is Cc1cccc(CNc2ccnc(NCc3ccccc3Cl)n2)c1. The van der Waals surface area contributed by atoms with Crippen molar-refractivity contribution in [2.75, 3.05) is 10.6 Å². The molecule has 3 aromatic rings. The zero-order valence-electron chi connectivity index (χ0n) is 13.5. The summed E-state index contributed by atoms with van der Waals surface area (Å²) in [5, 5.41) is 7.26. The third-order valence-electron chi connectivity index (χ3n) is 3.61. The van der Waals surface area contributed by atoms with E-state index in [2.05, 4.69) is 51.8 Å². The summed E-state index contributed by atoms with van der Waals surface area (Å²) in [5.74, 6) is 1.36. The Balaban J connectivity index is 1.60. The van der Waals surface area contributed by atoms with Crippen molar-refractivity contribution in [3.63, 3.8) is 0 Å². The number of hydrogen-bond donors (Lipinski definition) is 2. The molecule has 24 heavy (non-hydrogen) atoms. The Morgan fingerprint density at radius 1 is 0.958 bits per heavy atom. The van der Waals surface area contributed by atoms with Crippen LogP contribution in [0.15, 0.2) is 60.8 Å². The highest BCUT2D eigenvalue weighted by molar-refractivity contribution is 6.31. The minimum atomic E-state index is 0.573. The van der Waals surface area contributed by atoms with Crippen molar-refractivity contribution in [3.05, 3.63) is 82.5 Å². The quantitative estimate of drug-likeness (QED) is 0.686. The molecule has 122 valence electrons. The molecule has 3 rings (SSSR count). The topological polar surface area (TPSA) is 49.8 Å². The summed E-state index contributed by atoms with van der Waals surface area (Å²) in [7, 11) is 0. The molecule has 1 heterocycles. The summed E-state index contributed by atoms with van der Waals surface area (Å²) >= 11 is 6.16. The van der Waals surface area contributed by atoms with E-state index in [9.17, 15) is 0 Å². The molecule has 5 heteroatoms. The maximum absolute atomic E-state index is 6.16. The Morgan fingerprint density at radius 2 is 1.83 bits per heavy atom. The molecule has 0 unspecified atom stereocenters. The molecule has 0 aliphatic heterocycles. The van der Waals surface area contributed by atoms with Gasteiger partial charge in [-0.15, -0.1) is 0 Å². The van der Waals surface area contributed by atoms with Gasteiger partial charge in [-0.2, -0.15) is 4.98 Å². The number of nitrogens with zero attached hydrogens (tertiary/aromatic N) is 2. The minimum Gasteiger partial charge on any atom is -0.366 e. The lowest BCUT2D eigenvalue weighted by atomic mass is 10.1. The van der Waals surface area contributed by atoms with Crippen molar-refractivity contribution in [1.82, 2.24) is 9.97 Å². The molecule has 0 saturated carbocycles. The number of anilines is 2. The Morgan fingerprint density at radius 3 is 2.67 bits per heavy atom. The second kappa shape index (κ2) is 7.79. The normalized spacial score (nSPS) is 10.4. The van der Waals surface area contributed by atoms with Gasteiger partial charge in [0.05, 0.1) is 0 Å². The molecule has 1 aromatic heterocycles. The van der Waals surface area contributed by atoms with Crippen LogP contribution in [0.5, 0.6) is 0 Å². The van der Waals surface area contributed by atoms with Gasteiger partial charge in [0.1, 0.15) is 5.82 Å². The predicted octanol–water partition coefficient (Wildman–Crippen LogP) is 4.66. The predicted molar refractivity (Wildman–Crippen MR) is 99.3 cm³/mol. The van der Waals surface area contributed by atoms with Crippen LogP contribution in [-0.2, 0) is 13.1 Å². The third kappa shape index (κ3) is 4.46.